The molecular weight excluding hydrogens is 263 g/mol. The van der Waals surface area contributed by atoms with E-state index in [9.17, 15) is 12.8 Å². The van der Waals surface area contributed by atoms with Crippen molar-refractivity contribution in [3.8, 4) is 0 Å². The molecule has 7 heteroatoms. The van der Waals surface area contributed by atoms with Crippen LogP contribution in [0.15, 0.2) is 35.4 Å². The first kappa shape index (κ1) is 12.0. The summed E-state index contributed by atoms with van der Waals surface area (Å²) in [4.78, 5) is 4.43. The fourth-order valence-corrected chi connectivity index (χ4v) is 3.65. The third-order valence-corrected chi connectivity index (χ3v) is 4.77. The first-order valence-corrected chi connectivity index (χ1v) is 7.13. The van der Waals surface area contributed by atoms with Gasteiger partial charge in [-0.1, -0.05) is 0 Å². The third-order valence-electron chi connectivity index (χ3n) is 2.08. The molecule has 1 heterocycles. The van der Waals surface area contributed by atoms with Crippen molar-refractivity contribution in [1.29, 1.82) is 0 Å². The number of nitrogens with two attached hydrogens (primary N) is 1. The van der Waals surface area contributed by atoms with E-state index in [1.165, 1.54) is 18.3 Å². The summed E-state index contributed by atoms with van der Waals surface area (Å²) >= 11 is 1.13. The topological polar surface area (TPSA) is 73.0 Å². The van der Waals surface area contributed by atoms with E-state index < -0.39 is 15.7 Å². The number of anilines is 1. The Labute approximate surface area is 102 Å². The highest BCUT2D eigenvalue weighted by molar-refractivity contribution is 7.90. The van der Waals surface area contributed by atoms with Gasteiger partial charge in [0.05, 0.1) is 10.6 Å². The van der Waals surface area contributed by atoms with E-state index in [2.05, 4.69) is 4.98 Å². The minimum absolute atomic E-state index is 0.0888. The Morgan fingerprint density at radius 2 is 1.94 bits per heavy atom. The fraction of sp³-hybridized carbons (Fsp3) is 0.100. The lowest BCUT2D eigenvalue weighted by Crippen LogP contribution is -2.03. The van der Waals surface area contributed by atoms with E-state index in [-0.39, 0.29) is 10.6 Å². The molecule has 17 heavy (non-hydrogen) atoms. The Morgan fingerprint density at radius 3 is 2.47 bits per heavy atom. The Bertz CT molecular complexity index is 620. The molecule has 0 aliphatic rings. The van der Waals surface area contributed by atoms with Crippen molar-refractivity contribution >= 4 is 26.3 Å². The quantitative estimate of drug-likeness (QED) is 0.865. The lowest BCUT2D eigenvalue weighted by Gasteiger charge is -2.01. The lowest BCUT2D eigenvalue weighted by atomic mass is 10.4. The number of nitrogens with zero attached hydrogens (tertiary/aromatic N) is 1. The summed E-state index contributed by atoms with van der Waals surface area (Å²) in [7, 11) is -3.47. The fourth-order valence-electron chi connectivity index (χ4n) is 1.30. The SMILES string of the molecule is Nc1ncc(CS(=O)(=O)c2ccc(F)cc2)s1. The minimum Gasteiger partial charge on any atom is -0.375 e. The van der Waals surface area contributed by atoms with Crippen LogP contribution in [0.5, 0.6) is 0 Å². The van der Waals surface area contributed by atoms with Gasteiger partial charge in [-0.2, -0.15) is 0 Å². The summed E-state index contributed by atoms with van der Waals surface area (Å²) in [5, 5.41) is 0.328. The molecular formula is C10H9FN2O2S2. The van der Waals surface area contributed by atoms with Crippen LogP contribution >= 0.6 is 11.3 Å². The van der Waals surface area contributed by atoms with Gasteiger partial charge < -0.3 is 5.73 Å². The average Bonchev–Trinajstić information content (AvgIpc) is 2.63. The lowest BCUT2D eigenvalue weighted by molar-refractivity contribution is 0.594. The van der Waals surface area contributed by atoms with Gasteiger partial charge in [-0.15, -0.1) is 11.3 Å². The summed E-state index contributed by atoms with van der Waals surface area (Å²) in [5.41, 5.74) is 5.42. The zero-order chi connectivity index (χ0) is 12.5. The Hall–Kier alpha value is -1.47. The van der Waals surface area contributed by atoms with E-state index in [0.29, 0.717) is 10.0 Å². The van der Waals surface area contributed by atoms with Crippen LogP contribution in [-0.4, -0.2) is 13.4 Å². The van der Waals surface area contributed by atoms with Crippen LogP contribution in [0.1, 0.15) is 4.88 Å². The maximum absolute atomic E-state index is 12.7. The predicted octanol–water partition coefficient (Wildman–Crippen LogP) is 1.84. The van der Waals surface area contributed by atoms with E-state index in [1.807, 2.05) is 0 Å². The van der Waals surface area contributed by atoms with Crippen molar-refractivity contribution in [3.05, 3.63) is 41.2 Å². The highest BCUT2D eigenvalue weighted by Crippen LogP contribution is 2.21. The van der Waals surface area contributed by atoms with Gasteiger partial charge in [0.2, 0.25) is 0 Å². The average molecular weight is 272 g/mol. The number of hydrogen-bond acceptors (Lipinski definition) is 5. The first-order chi connectivity index (χ1) is 7.97. The second kappa shape index (κ2) is 4.42. The van der Waals surface area contributed by atoms with Crippen LogP contribution in [0.3, 0.4) is 0 Å². The minimum atomic E-state index is -3.47. The van der Waals surface area contributed by atoms with Gasteiger partial charge in [0, 0.05) is 11.1 Å². The van der Waals surface area contributed by atoms with Crippen LogP contribution in [0.2, 0.25) is 0 Å². The highest BCUT2D eigenvalue weighted by Gasteiger charge is 2.16. The van der Waals surface area contributed by atoms with Crippen molar-refractivity contribution < 1.29 is 12.8 Å². The second-order valence-corrected chi connectivity index (χ2v) is 6.51. The molecule has 0 saturated carbocycles. The zero-order valence-electron chi connectivity index (χ0n) is 8.63. The molecule has 2 rings (SSSR count). The number of thiazole rings is 1. The number of sulfone groups is 1. The normalized spacial score (nSPS) is 11.6. The molecule has 4 nitrogen and oxygen atoms in total. The van der Waals surface area contributed by atoms with Gasteiger partial charge in [-0.3, -0.25) is 0 Å². The van der Waals surface area contributed by atoms with Crippen LogP contribution in [0.4, 0.5) is 9.52 Å². The van der Waals surface area contributed by atoms with E-state index >= 15 is 0 Å². The summed E-state index contributed by atoms with van der Waals surface area (Å²) in [5.74, 6) is -0.640. The highest BCUT2D eigenvalue weighted by atomic mass is 32.2. The second-order valence-electron chi connectivity index (χ2n) is 3.38. The van der Waals surface area contributed by atoms with Crippen LogP contribution in [0, 0.1) is 5.82 Å². The Balaban J connectivity index is 2.28. The Kier molecular flexibility index (Phi) is 3.12. The van der Waals surface area contributed by atoms with E-state index in [1.54, 1.807) is 0 Å². The molecule has 90 valence electrons. The molecule has 0 bridgehead atoms. The molecule has 1 aromatic heterocycles. The van der Waals surface area contributed by atoms with Crippen molar-refractivity contribution in [3.63, 3.8) is 0 Å². The molecule has 0 aliphatic heterocycles. The van der Waals surface area contributed by atoms with Gasteiger partial charge in [0.15, 0.2) is 15.0 Å². The van der Waals surface area contributed by atoms with E-state index in [0.717, 1.165) is 23.5 Å². The monoisotopic (exact) mass is 272 g/mol. The van der Waals surface area contributed by atoms with Gasteiger partial charge >= 0.3 is 0 Å². The van der Waals surface area contributed by atoms with E-state index in [4.69, 9.17) is 5.73 Å². The van der Waals surface area contributed by atoms with Gasteiger partial charge in [-0.05, 0) is 24.3 Å². The molecule has 0 atom stereocenters. The van der Waals surface area contributed by atoms with Crippen molar-refractivity contribution in [1.82, 2.24) is 4.98 Å². The third kappa shape index (κ3) is 2.80. The molecule has 0 fully saturated rings. The number of rotatable bonds is 3. The van der Waals surface area contributed by atoms with Gasteiger partial charge in [0.25, 0.3) is 0 Å². The van der Waals surface area contributed by atoms with Gasteiger partial charge in [-0.25, -0.2) is 17.8 Å². The number of nitrogen functional groups attached to an aromatic ring is 1. The van der Waals surface area contributed by atoms with Crippen molar-refractivity contribution in [2.75, 3.05) is 5.73 Å². The molecule has 0 saturated heterocycles. The number of benzene rings is 1. The predicted molar refractivity (Wildman–Crippen MR) is 63.8 cm³/mol. The molecule has 0 unspecified atom stereocenters. The van der Waals surface area contributed by atoms with Crippen LogP contribution < -0.4 is 5.73 Å². The number of halogens is 1. The van der Waals surface area contributed by atoms with Crippen LogP contribution in [0.25, 0.3) is 0 Å². The maximum Gasteiger partial charge on any atom is 0.183 e. The molecule has 0 amide bonds. The van der Waals surface area contributed by atoms with Crippen LogP contribution in [-0.2, 0) is 15.6 Å². The molecule has 0 spiro atoms. The molecule has 0 aliphatic carbocycles. The summed E-state index contributed by atoms with van der Waals surface area (Å²) in [6, 6.07) is 4.73. The largest absolute Gasteiger partial charge is 0.375 e. The summed E-state index contributed by atoms with van der Waals surface area (Å²) < 4.78 is 36.6. The Morgan fingerprint density at radius 1 is 1.29 bits per heavy atom. The molecule has 1 aromatic carbocycles. The summed E-state index contributed by atoms with van der Waals surface area (Å²) in [6.45, 7) is 0. The number of aromatic nitrogens is 1. The zero-order valence-corrected chi connectivity index (χ0v) is 10.3. The van der Waals surface area contributed by atoms with Gasteiger partial charge in [0.1, 0.15) is 5.82 Å². The standard InChI is InChI=1S/C10H9FN2O2S2/c11-7-1-3-9(4-2-7)17(14,15)6-8-5-13-10(12)16-8/h1-5H,6H2,(H2,12,13). The molecule has 0 radical (unpaired) electrons. The van der Waals surface area contributed by atoms with Crippen molar-refractivity contribution in [2.45, 2.75) is 10.6 Å². The smallest absolute Gasteiger partial charge is 0.183 e. The van der Waals surface area contributed by atoms with Crippen molar-refractivity contribution in [2.24, 2.45) is 0 Å². The molecule has 2 aromatic rings. The first-order valence-electron chi connectivity index (χ1n) is 4.66. The maximum atomic E-state index is 12.7. The summed E-state index contributed by atoms with van der Waals surface area (Å²) in [6.07, 6.45) is 1.43. The molecule has 2 N–H and O–H groups in total. The number of hydrogen-bond donors (Lipinski definition) is 1.